The van der Waals surface area contributed by atoms with Crippen molar-refractivity contribution in [3.8, 4) is 0 Å². The second-order valence-corrected chi connectivity index (χ2v) is 10.6. The molecule has 1 amide bonds. The first kappa shape index (κ1) is 21.8. The highest BCUT2D eigenvalue weighted by Crippen LogP contribution is 2.24. The Balaban J connectivity index is 2.15. The molecule has 0 N–H and O–H groups in total. The fourth-order valence-corrected chi connectivity index (χ4v) is 5.45. The van der Waals surface area contributed by atoms with Gasteiger partial charge in [0.05, 0.1) is 27.3 Å². The second-order valence-electron chi connectivity index (χ2n) is 6.28. The number of rotatable bonds is 7. The number of nitrogens with zero attached hydrogens (tertiary/aromatic N) is 2. The molecule has 0 atom stereocenters. The molecular formula is C20H22N2O4S3. The Morgan fingerprint density at radius 2 is 2.00 bits per heavy atom. The number of thioether (sulfide) groups is 1. The van der Waals surface area contributed by atoms with E-state index >= 15 is 0 Å². The number of hydrogen-bond acceptors (Lipinski definition) is 6. The predicted octanol–water partition coefficient (Wildman–Crippen LogP) is 3.61. The van der Waals surface area contributed by atoms with Crippen LogP contribution in [0.2, 0.25) is 0 Å². The van der Waals surface area contributed by atoms with Gasteiger partial charge in [0, 0.05) is 24.8 Å². The van der Waals surface area contributed by atoms with Crippen LogP contribution < -0.4 is 4.80 Å². The lowest BCUT2D eigenvalue weighted by atomic mass is 10.2. The van der Waals surface area contributed by atoms with Gasteiger partial charge in [0.1, 0.15) is 0 Å². The van der Waals surface area contributed by atoms with Crippen molar-refractivity contribution >= 4 is 49.1 Å². The summed E-state index contributed by atoms with van der Waals surface area (Å²) in [5.74, 6) is 0.539. The van der Waals surface area contributed by atoms with Crippen molar-refractivity contribution in [2.24, 2.45) is 4.99 Å². The van der Waals surface area contributed by atoms with Crippen molar-refractivity contribution in [3.05, 3.63) is 52.8 Å². The highest BCUT2D eigenvalue weighted by atomic mass is 32.2. The van der Waals surface area contributed by atoms with Crippen LogP contribution in [0.4, 0.5) is 0 Å². The lowest BCUT2D eigenvalue weighted by Gasteiger charge is -2.06. The fraction of sp³-hybridized carbons (Fsp3) is 0.300. The molecule has 9 heteroatoms. The Kier molecular flexibility index (Phi) is 6.94. The van der Waals surface area contributed by atoms with Crippen molar-refractivity contribution in [2.75, 3.05) is 25.7 Å². The van der Waals surface area contributed by atoms with Crippen molar-refractivity contribution in [2.45, 2.75) is 23.3 Å². The van der Waals surface area contributed by atoms with Gasteiger partial charge in [0.2, 0.25) is 0 Å². The Morgan fingerprint density at radius 3 is 2.69 bits per heavy atom. The molecule has 2 aromatic carbocycles. The van der Waals surface area contributed by atoms with Crippen LogP contribution in [0.3, 0.4) is 0 Å². The standard InChI is InChI=1S/C20H22N2O4S3/c1-4-27-17-8-6-5-7-15(17)19(23)21-20-22(11-12-26-2)16-10-9-14(29(3,24)25)13-18(16)28-20/h5-10,13H,4,11-12H2,1-3H3. The molecule has 29 heavy (non-hydrogen) atoms. The number of benzene rings is 2. The maximum Gasteiger partial charge on any atom is 0.280 e. The minimum Gasteiger partial charge on any atom is -0.383 e. The van der Waals surface area contributed by atoms with Crippen molar-refractivity contribution in [1.82, 2.24) is 4.57 Å². The van der Waals surface area contributed by atoms with E-state index in [2.05, 4.69) is 4.99 Å². The number of ether oxygens (including phenoxy) is 1. The monoisotopic (exact) mass is 450 g/mol. The molecule has 0 aliphatic rings. The van der Waals surface area contributed by atoms with Gasteiger partial charge in [-0.25, -0.2) is 8.42 Å². The van der Waals surface area contributed by atoms with Crippen LogP contribution in [0.1, 0.15) is 17.3 Å². The molecule has 0 aliphatic heterocycles. The summed E-state index contributed by atoms with van der Waals surface area (Å²) < 4.78 is 31.6. The van der Waals surface area contributed by atoms with Crippen LogP contribution in [0.15, 0.2) is 57.2 Å². The first-order chi connectivity index (χ1) is 13.8. The number of carbonyl (C=O) groups excluding carboxylic acids is 1. The third-order valence-corrected chi connectivity index (χ3v) is 7.32. The van der Waals surface area contributed by atoms with Crippen LogP contribution in [-0.2, 0) is 21.1 Å². The lowest BCUT2D eigenvalue weighted by Crippen LogP contribution is -2.19. The van der Waals surface area contributed by atoms with Gasteiger partial charge >= 0.3 is 0 Å². The average molecular weight is 451 g/mol. The van der Waals surface area contributed by atoms with Crippen molar-refractivity contribution in [3.63, 3.8) is 0 Å². The van der Waals surface area contributed by atoms with Gasteiger partial charge in [0.25, 0.3) is 5.91 Å². The van der Waals surface area contributed by atoms with Crippen LogP contribution in [0.25, 0.3) is 10.2 Å². The van der Waals surface area contributed by atoms with Gasteiger partial charge in [0.15, 0.2) is 14.6 Å². The molecule has 3 aromatic rings. The van der Waals surface area contributed by atoms with Crippen molar-refractivity contribution in [1.29, 1.82) is 0 Å². The largest absolute Gasteiger partial charge is 0.383 e. The quantitative estimate of drug-likeness (QED) is 0.514. The maximum atomic E-state index is 12.9. The second kappa shape index (κ2) is 9.25. The summed E-state index contributed by atoms with van der Waals surface area (Å²) in [5.41, 5.74) is 1.38. The van der Waals surface area contributed by atoms with E-state index in [4.69, 9.17) is 4.74 Å². The van der Waals surface area contributed by atoms with Gasteiger partial charge in [-0.2, -0.15) is 4.99 Å². The van der Waals surface area contributed by atoms with Crippen LogP contribution in [0.5, 0.6) is 0 Å². The highest BCUT2D eigenvalue weighted by molar-refractivity contribution is 7.99. The minimum atomic E-state index is -3.32. The number of hydrogen-bond donors (Lipinski definition) is 0. The Bertz CT molecular complexity index is 1210. The fourth-order valence-electron chi connectivity index (χ4n) is 2.84. The van der Waals surface area contributed by atoms with E-state index in [0.29, 0.717) is 23.5 Å². The molecule has 1 heterocycles. The zero-order valence-electron chi connectivity index (χ0n) is 16.4. The third kappa shape index (κ3) is 4.98. The number of thiazole rings is 1. The SMILES string of the molecule is CCSc1ccccc1C(=O)N=c1sc2cc(S(C)(=O)=O)ccc2n1CCOC. The summed E-state index contributed by atoms with van der Waals surface area (Å²) in [6.07, 6.45) is 1.18. The molecule has 6 nitrogen and oxygen atoms in total. The molecule has 1 aromatic heterocycles. The van der Waals surface area contributed by atoms with E-state index in [9.17, 15) is 13.2 Å². The summed E-state index contributed by atoms with van der Waals surface area (Å²) in [4.78, 5) is 19.0. The van der Waals surface area contributed by atoms with Gasteiger partial charge in [-0.1, -0.05) is 30.4 Å². The summed E-state index contributed by atoms with van der Waals surface area (Å²) >= 11 is 2.89. The predicted molar refractivity (Wildman–Crippen MR) is 118 cm³/mol. The first-order valence-electron chi connectivity index (χ1n) is 8.98. The topological polar surface area (TPSA) is 77.7 Å². The number of methoxy groups -OCH3 is 1. The molecule has 0 aliphatic carbocycles. The lowest BCUT2D eigenvalue weighted by molar-refractivity contribution is 0.0994. The Morgan fingerprint density at radius 1 is 1.24 bits per heavy atom. The molecule has 0 saturated heterocycles. The molecule has 0 radical (unpaired) electrons. The van der Waals surface area contributed by atoms with Crippen LogP contribution in [0, 0.1) is 0 Å². The molecule has 0 fully saturated rings. The molecule has 0 saturated carbocycles. The molecule has 0 spiro atoms. The number of carbonyl (C=O) groups is 1. The van der Waals surface area contributed by atoms with E-state index in [1.54, 1.807) is 43.1 Å². The number of amides is 1. The van der Waals surface area contributed by atoms with E-state index in [1.165, 1.54) is 17.6 Å². The summed E-state index contributed by atoms with van der Waals surface area (Å²) in [5, 5.41) is 0. The van der Waals surface area contributed by atoms with E-state index in [0.717, 1.165) is 20.9 Å². The zero-order chi connectivity index (χ0) is 21.0. The molecule has 0 bridgehead atoms. The maximum absolute atomic E-state index is 12.9. The van der Waals surface area contributed by atoms with Gasteiger partial charge < -0.3 is 9.30 Å². The van der Waals surface area contributed by atoms with Gasteiger partial charge in [-0.15, -0.1) is 11.8 Å². The molecule has 154 valence electrons. The number of sulfone groups is 1. The molecule has 3 rings (SSSR count). The highest BCUT2D eigenvalue weighted by Gasteiger charge is 2.14. The van der Waals surface area contributed by atoms with Gasteiger partial charge in [-0.3, -0.25) is 4.79 Å². The Labute approximate surface area is 178 Å². The van der Waals surface area contributed by atoms with E-state index in [-0.39, 0.29) is 10.8 Å². The summed E-state index contributed by atoms with van der Waals surface area (Å²) in [7, 11) is -1.71. The first-order valence-corrected chi connectivity index (χ1v) is 12.7. The van der Waals surface area contributed by atoms with Gasteiger partial charge in [-0.05, 0) is 36.1 Å². The van der Waals surface area contributed by atoms with E-state index in [1.807, 2.05) is 29.7 Å². The molecular weight excluding hydrogens is 428 g/mol. The zero-order valence-corrected chi connectivity index (χ0v) is 18.9. The number of fused-ring (bicyclic) bond motifs is 1. The summed E-state index contributed by atoms with van der Waals surface area (Å²) in [6.45, 7) is 2.99. The van der Waals surface area contributed by atoms with Crippen molar-refractivity contribution < 1.29 is 17.9 Å². The van der Waals surface area contributed by atoms with Crippen LogP contribution in [-0.4, -0.2) is 44.6 Å². The third-order valence-electron chi connectivity index (χ3n) is 4.22. The Hall–Kier alpha value is -1.94. The average Bonchev–Trinajstić information content (AvgIpc) is 3.02. The van der Waals surface area contributed by atoms with E-state index < -0.39 is 9.84 Å². The summed E-state index contributed by atoms with van der Waals surface area (Å²) in [6, 6.07) is 12.4. The normalized spacial score (nSPS) is 12.6. The molecule has 0 unspecified atom stereocenters. The number of aromatic nitrogens is 1. The van der Waals surface area contributed by atoms with Crippen LogP contribution >= 0.6 is 23.1 Å². The minimum absolute atomic E-state index is 0.243. The smallest absolute Gasteiger partial charge is 0.280 e.